The lowest BCUT2D eigenvalue weighted by molar-refractivity contribution is -0.384. The number of nitro benzene ring substituents is 1. The van der Waals surface area contributed by atoms with Crippen molar-refractivity contribution in [2.24, 2.45) is 4.99 Å². The third kappa shape index (κ3) is 3.14. The molecule has 138 valence electrons. The van der Waals surface area contributed by atoms with Crippen LogP contribution < -0.4 is 0 Å². The minimum Gasteiger partial charge on any atom is -0.402 e. The smallest absolute Gasteiger partial charge is 0.363 e. The molecule has 1 heterocycles. The number of carbonyl (C=O) groups excluding carboxylic acids is 1. The first-order chi connectivity index (χ1) is 13.4. The molecule has 4 rings (SSSR count). The number of aliphatic imine (C=N–C) groups is 1. The number of hydrogen-bond acceptors (Lipinski definition) is 5. The summed E-state index contributed by atoms with van der Waals surface area (Å²) < 4.78 is 5.22. The summed E-state index contributed by atoms with van der Waals surface area (Å²) >= 11 is 5.83. The molecule has 0 unspecified atom stereocenters. The third-order valence-electron chi connectivity index (χ3n) is 4.48. The van der Waals surface area contributed by atoms with Crippen molar-refractivity contribution in [2.45, 2.75) is 6.92 Å². The van der Waals surface area contributed by atoms with Gasteiger partial charge in [0.2, 0.25) is 5.90 Å². The Balaban J connectivity index is 1.78. The van der Waals surface area contributed by atoms with Crippen LogP contribution in [0.3, 0.4) is 0 Å². The highest BCUT2D eigenvalue weighted by atomic mass is 35.5. The molecule has 1 aliphatic rings. The van der Waals surface area contributed by atoms with Gasteiger partial charge in [-0.25, -0.2) is 9.79 Å². The number of hydrogen-bond donors (Lipinski definition) is 0. The van der Waals surface area contributed by atoms with Crippen molar-refractivity contribution in [1.29, 1.82) is 0 Å². The predicted octanol–water partition coefficient (Wildman–Crippen LogP) is 5.05. The van der Waals surface area contributed by atoms with Crippen LogP contribution in [0.4, 0.5) is 5.69 Å². The maximum absolute atomic E-state index is 12.3. The van der Waals surface area contributed by atoms with Crippen molar-refractivity contribution in [3.63, 3.8) is 0 Å². The number of aryl methyl sites for hydroxylation is 1. The van der Waals surface area contributed by atoms with Crippen molar-refractivity contribution in [3.05, 3.63) is 92.1 Å². The van der Waals surface area contributed by atoms with Crippen LogP contribution in [0.25, 0.3) is 16.8 Å². The number of cyclic esters (lactones) is 1. The Kier molecular flexibility index (Phi) is 4.41. The second-order valence-corrected chi connectivity index (χ2v) is 6.68. The first kappa shape index (κ1) is 17.9. The summed E-state index contributed by atoms with van der Waals surface area (Å²) in [6.45, 7) is 2.02. The molecule has 28 heavy (non-hydrogen) atoms. The van der Waals surface area contributed by atoms with Crippen LogP contribution in [0.1, 0.15) is 16.7 Å². The van der Waals surface area contributed by atoms with Gasteiger partial charge in [0.05, 0.1) is 4.92 Å². The van der Waals surface area contributed by atoms with Gasteiger partial charge in [0.25, 0.3) is 5.69 Å². The minimum absolute atomic E-state index is 0.000522. The van der Waals surface area contributed by atoms with Gasteiger partial charge < -0.3 is 4.74 Å². The molecule has 0 aromatic heterocycles. The highest BCUT2D eigenvalue weighted by Gasteiger charge is 2.26. The van der Waals surface area contributed by atoms with E-state index in [0.717, 1.165) is 21.9 Å². The lowest BCUT2D eigenvalue weighted by Crippen LogP contribution is -2.06. The molecule has 0 N–H and O–H groups in total. The quantitative estimate of drug-likeness (QED) is 0.270. The Labute approximate surface area is 164 Å². The Bertz CT molecular complexity index is 1210. The molecule has 0 amide bonds. The Hall–Kier alpha value is -3.51. The topological polar surface area (TPSA) is 81.8 Å². The van der Waals surface area contributed by atoms with Gasteiger partial charge in [-0.3, -0.25) is 10.1 Å². The lowest BCUT2D eigenvalue weighted by Gasteiger charge is -2.05. The molecule has 7 heteroatoms. The van der Waals surface area contributed by atoms with Gasteiger partial charge in [0.1, 0.15) is 5.02 Å². The first-order valence-electron chi connectivity index (χ1n) is 8.39. The Morgan fingerprint density at radius 3 is 2.61 bits per heavy atom. The summed E-state index contributed by atoms with van der Waals surface area (Å²) in [6.07, 6.45) is 1.65. The van der Waals surface area contributed by atoms with Gasteiger partial charge in [-0.2, -0.15) is 0 Å². The molecular formula is C21H13ClN2O4. The van der Waals surface area contributed by atoms with E-state index in [4.69, 9.17) is 16.3 Å². The predicted molar refractivity (Wildman–Crippen MR) is 107 cm³/mol. The van der Waals surface area contributed by atoms with Gasteiger partial charge in [-0.1, -0.05) is 48.0 Å². The van der Waals surface area contributed by atoms with Gasteiger partial charge in [0, 0.05) is 11.6 Å². The number of fused-ring (bicyclic) bond motifs is 1. The number of nitrogens with zero attached hydrogens (tertiary/aromatic N) is 2. The maximum Gasteiger partial charge on any atom is 0.363 e. The number of esters is 1. The van der Waals surface area contributed by atoms with Gasteiger partial charge in [-0.05, 0) is 47.0 Å². The second-order valence-electron chi connectivity index (χ2n) is 6.28. The van der Waals surface area contributed by atoms with E-state index in [0.29, 0.717) is 5.56 Å². The van der Waals surface area contributed by atoms with Crippen molar-refractivity contribution >= 4 is 46.0 Å². The van der Waals surface area contributed by atoms with Gasteiger partial charge in [0.15, 0.2) is 5.70 Å². The van der Waals surface area contributed by atoms with Crippen molar-refractivity contribution in [1.82, 2.24) is 0 Å². The number of halogens is 1. The van der Waals surface area contributed by atoms with E-state index in [-0.39, 0.29) is 22.3 Å². The van der Waals surface area contributed by atoms with E-state index < -0.39 is 10.9 Å². The summed E-state index contributed by atoms with van der Waals surface area (Å²) in [4.78, 5) is 27.0. The summed E-state index contributed by atoms with van der Waals surface area (Å²) in [7, 11) is 0. The van der Waals surface area contributed by atoms with Gasteiger partial charge >= 0.3 is 5.97 Å². The first-order valence-corrected chi connectivity index (χ1v) is 8.77. The molecule has 6 nitrogen and oxygen atoms in total. The summed E-state index contributed by atoms with van der Waals surface area (Å²) in [5.74, 6) is -0.607. The molecule has 0 radical (unpaired) electrons. The second kappa shape index (κ2) is 6.90. The fourth-order valence-corrected chi connectivity index (χ4v) is 3.25. The van der Waals surface area contributed by atoms with Crippen LogP contribution in [-0.2, 0) is 9.53 Å². The van der Waals surface area contributed by atoms with Crippen LogP contribution in [0, 0.1) is 17.0 Å². The van der Waals surface area contributed by atoms with Crippen molar-refractivity contribution < 1.29 is 14.5 Å². The summed E-state index contributed by atoms with van der Waals surface area (Å²) in [5, 5.41) is 13.2. The molecule has 3 aromatic rings. The zero-order valence-corrected chi connectivity index (χ0v) is 15.4. The monoisotopic (exact) mass is 392 g/mol. The van der Waals surface area contributed by atoms with Crippen LogP contribution in [0.2, 0.25) is 5.02 Å². The van der Waals surface area contributed by atoms with Crippen LogP contribution >= 0.6 is 11.6 Å². The number of benzene rings is 3. The van der Waals surface area contributed by atoms with E-state index in [1.54, 1.807) is 6.08 Å². The molecule has 0 aliphatic carbocycles. The molecule has 1 aliphatic heterocycles. The molecule has 3 aromatic carbocycles. The zero-order chi connectivity index (χ0) is 19.8. The van der Waals surface area contributed by atoms with Crippen LogP contribution in [-0.4, -0.2) is 16.8 Å². The minimum atomic E-state index is -0.614. The molecule has 0 spiro atoms. The number of ether oxygens (including phenoxy) is 1. The van der Waals surface area contributed by atoms with E-state index >= 15 is 0 Å². The maximum atomic E-state index is 12.3. The van der Waals surface area contributed by atoms with Crippen LogP contribution in [0.15, 0.2) is 65.3 Å². The summed E-state index contributed by atoms with van der Waals surface area (Å²) in [5.41, 5.74) is 2.12. The molecule has 0 fully saturated rings. The SMILES string of the molecule is Cc1ccc(/C=C2\N=C(c3ccc(Cl)c([N+](=O)[O-])c3)OC2=O)c2ccccc12. The molecule has 0 saturated heterocycles. The number of nitro groups is 1. The van der Waals surface area contributed by atoms with Crippen LogP contribution in [0.5, 0.6) is 0 Å². The molecule has 0 bridgehead atoms. The summed E-state index contributed by atoms with van der Waals surface area (Å²) in [6, 6.07) is 15.9. The molecule has 0 saturated carbocycles. The Morgan fingerprint density at radius 1 is 1.11 bits per heavy atom. The molecule has 0 atom stereocenters. The molecular weight excluding hydrogens is 380 g/mol. The van der Waals surface area contributed by atoms with E-state index in [1.807, 2.05) is 43.3 Å². The van der Waals surface area contributed by atoms with E-state index in [2.05, 4.69) is 4.99 Å². The Morgan fingerprint density at radius 2 is 1.86 bits per heavy atom. The standard InChI is InChI=1S/C21H13ClN2O4/c1-12-6-7-13(16-5-3-2-4-15(12)16)10-18-21(25)28-20(23-18)14-8-9-17(22)19(11-14)24(26)27/h2-11H,1H3/b18-10-. The van der Waals surface area contributed by atoms with Crippen molar-refractivity contribution in [3.8, 4) is 0 Å². The number of carbonyl (C=O) groups is 1. The largest absolute Gasteiger partial charge is 0.402 e. The average Bonchev–Trinajstić information content (AvgIpc) is 3.05. The zero-order valence-electron chi connectivity index (χ0n) is 14.7. The fraction of sp³-hybridized carbons (Fsp3) is 0.0476. The lowest BCUT2D eigenvalue weighted by atomic mass is 10.00. The fourth-order valence-electron chi connectivity index (χ4n) is 3.06. The highest BCUT2D eigenvalue weighted by Crippen LogP contribution is 2.29. The van der Waals surface area contributed by atoms with Crippen molar-refractivity contribution in [2.75, 3.05) is 0 Å². The van der Waals surface area contributed by atoms with E-state index in [9.17, 15) is 14.9 Å². The number of rotatable bonds is 3. The average molecular weight is 393 g/mol. The highest BCUT2D eigenvalue weighted by molar-refractivity contribution is 6.32. The van der Waals surface area contributed by atoms with Gasteiger partial charge in [-0.15, -0.1) is 0 Å². The van der Waals surface area contributed by atoms with E-state index in [1.165, 1.54) is 18.2 Å². The third-order valence-corrected chi connectivity index (χ3v) is 4.80. The normalized spacial score (nSPS) is 15.0.